The van der Waals surface area contributed by atoms with Crippen molar-refractivity contribution in [3.63, 3.8) is 0 Å². The van der Waals surface area contributed by atoms with Crippen molar-refractivity contribution in [2.45, 2.75) is 6.92 Å². The van der Waals surface area contributed by atoms with Crippen LogP contribution < -0.4 is 0 Å². The van der Waals surface area contributed by atoms with E-state index in [2.05, 4.69) is 39.3 Å². The molecule has 0 amide bonds. The number of rotatable bonds is 2. The van der Waals surface area contributed by atoms with Gasteiger partial charge in [-0.05, 0) is 45.9 Å². The molecule has 0 radical (unpaired) electrons. The van der Waals surface area contributed by atoms with E-state index in [1.165, 1.54) is 0 Å². The summed E-state index contributed by atoms with van der Waals surface area (Å²) in [6.45, 7) is 5.41. The Hall–Kier alpha value is -0.130. The summed E-state index contributed by atoms with van der Waals surface area (Å²) in [4.78, 5) is 7.77. The number of hydrogen-bond acceptors (Lipinski definition) is 2. The molecule has 14 heavy (non-hydrogen) atoms. The highest BCUT2D eigenvalue weighted by Crippen LogP contribution is 2.30. The first-order valence-electron chi connectivity index (χ1n) is 3.71. The monoisotopic (exact) mass is 340 g/mol. The molecular weight excluding hydrogens is 334 g/mol. The fraction of sp³-hybridized carbons (Fsp3) is 0.111. The highest BCUT2D eigenvalue weighted by Gasteiger charge is 2.07. The van der Waals surface area contributed by atoms with E-state index in [9.17, 15) is 0 Å². The van der Waals surface area contributed by atoms with Crippen LogP contribution in [0.1, 0.15) is 12.5 Å². The number of halogens is 3. The van der Waals surface area contributed by atoms with Crippen LogP contribution in [0.2, 0.25) is 10.3 Å². The fourth-order valence-corrected chi connectivity index (χ4v) is 1.73. The van der Waals surface area contributed by atoms with Crippen LogP contribution in [-0.2, 0) is 0 Å². The quantitative estimate of drug-likeness (QED) is 0.441. The molecule has 1 heterocycles. The second kappa shape index (κ2) is 5.09. The van der Waals surface area contributed by atoms with Crippen molar-refractivity contribution < 1.29 is 0 Å². The third-order valence-corrected chi connectivity index (χ3v) is 2.27. The van der Waals surface area contributed by atoms with Gasteiger partial charge in [-0.25, -0.2) is 4.98 Å². The molecule has 0 aliphatic heterocycles. The van der Waals surface area contributed by atoms with Crippen molar-refractivity contribution in [2.24, 2.45) is 4.99 Å². The summed E-state index contributed by atoms with van der Waals surface area (Å²) in [5.74, 6) is 0. The molecule has 0 N–H and O–H groups in total. The molecule has 0 saturated heterocycles. The Bertz CT molecular complexity index is 398. The van der Waals surface area contributed by atoms with E-state index < -0.39 is 0 Å². The summed E-state index contributed by atoms with van der Waals surface area (Å²) in [6, 6.07) is 1.63. The van der Waals surface area contributed by atoms with Crippen LogP contribution in [0, 0.1) is 0 Å². The van der Waals surface area contributed by atoms with Gasteiger partial charge in [-0.2, -0.15) is 0 Å². The number of allylic oxidation sites excluding steroid dienone is 1. The van der Waals surface area contributed by atoms with Crippen molar-refractivity contribution in [1.82, 2.24) is 4.98 Å². The van der Waals surface area contributed by atoms with E-state index in [0.29, 0.717) is 16.0 Å². The standard InChI is InChI=1S/C9H7Cl2IN2/c1-5(12)3-6-7(13-2)4-8(10)14-9(6)11/h3-4H,2H2,1H3/b5-3+. The molecule has 0 atom stereocenters. The molecule has 74 valence electrons. The van der Waals surface area contributed by atoms with Gasteiger partial charge in [0.05, 0.1) is 5.69 Å². The predicted molar refractivity (Wildman–Crippen MR) is 71.1 cm³/mol. The van der Waals surface area contributed by atoms with E-state index in [1.54, 1.807) is 6.07 Å². The first-order valence-corrected chi connectivity index (χ1v) is 5.54. The average molecular weight is 341 g/mol. The summed E-state index contributed by atoms with van der Waals surface area (Å²) in [7, 11) is 0. The summed E-state index contributed by atoms with van der Waals surface area (Å²) in [5, 5.41) is 0.663. The molecule has 5 heteroatoms. The van der Waals surface area contributed by atoms with Gasteiger partial charge in [-0.15, -0.1) is 0 Å². The maximum Gasteiger partial charge on any atom is 0.140 e. The molecule has 1 aromatic rings. The molecule has 2 nitrogen and oxygen atoms in total. The van der Waals surface area contributed by atoms with Gasteiger partial charge in [0.2, 0.25) is 0 Å². The topological polar surface area (TPSA) is 25.2 Å². The Balaban J connectivity index is 3.40. The summed E-state index contributed by atoms with van der Waals surface area (Å²) < 4.78 is 1.08. The molecule has 0 spiro atoms. The Morgan fingerprint density at radius 3 is 2.79 bits per heavy atom. The van der Waals surface area contributed by atoms with Crippen LogP contribution in [0.3, 0.4) is 0 Å². The fourth-order valence-electron chi connectivity index (χ4n) is 0.946. The average Bonchev–Trinajstić information content (AvgIpc) is 2.08. The zero-order valence-corrected chi connectivity index (χ0v) is 11.1. The van der Waals surface area contributed by atoms with E-state index in [0.717, 1.165) is 9.14 Å². The summed E-state index contributed by atoms with van der Waals surface area (Å²) >= 11 is 13.8. The molecule has 1 rings (SSSR count). The van der Waals surface area contributed by atoms with Crippen molar-refractivity contribution >= 4 is 64.3 Å². The van der Waals surface area contributed by atoms with Crippen LogP contribution in [0.15, 0.2) is 14.6 Å². The predicted octanol–water partition coefficient (Wildman–Crippen LogP) is 4.52. The molecule has 0 unspecified atom stereocenters. The van der Waals surface area contributed by atoms with Crippen LogP contribution in [0.25, 0.3) is 6.08 Å². The summed E-state index contributed by atoms with van der Waals surface area (Å²) in [6.07, 6.45) is 1.89. The van der Waals surface area contributed by atoms with Gasteiger partial charge >= 0.3 is 0 Å². The Labute approximate surface area is 106 Å². The van der Waals surface area contributed by atoms with Gasteiger partial charge in [-0.1, -0.05) is 23.2 Å². The smallest absolute Gasteiger partial charge is 0.140 e. The molecule has 0 saturated carbocycles. The van der Waals surface area contributed by atoms with Crippen LogP contribution in [-0.4, -0.2) is 11.7 Å². The van der Waals surface area contributed by atoms with E-state index in [1.807, 2.05) is 13.0 Å². The van der Waals surface area contributed by atoms with Gasteiger partial charge in [0, 0.05) is 11.6 Å². The maximum atomic E-state index is 5.93. The molecule has 0 fully saturated rings. The largest absolute Gasteiger partial charge is 0.264 e. The summed E-state index contributed by atoms with van der Waals surface area (Å²) in [5.41, 5.74) is 1.39. The normalized spacial score (nSPS) is 11.6. The van der Waals surface area contributed by atoms with Gasteiger partial charge in [0.15, 0.2) is 0 Å². The SMILES string of the molecule is C=Nc1cc(Cl)nc(Cl)c1/C=C(\C)I. The highest BCUT2D eigenvalue weighted by atomic mass is 127. The minimum absolute atomic E-state index is 0.320. The highest BCUT2D eigenvalue weighted by molar-refractivity contribution is 14.1. The lowest BCUT2D eigenvalue weighted by Crippen LogP contribution is -1.84. The Morgan fingerprint density at radius 1 is 1.64 bits per heavy atom. The minimum Gasteiger partial charge on any atom is -0.264 e. The second-order valence-electron chi connectivity index (χ2n) is 2.56. The van der Waals surface area contributed by atoms with Crippen LogP contribution >= 0.6 is 45.8 Å². The molecule has 0 aliphatic carbocycles. The van der Waals surface area contributed by atoms with Crippen LogP contribution in [0.5, 0.6) is 0 Å². The molecule has 0 aliphatic rings. The lowest BCUT2D eigenvalue weighted by atomic mass is 10.2. The third-order valence-electron chi connectivity index (χ3n) is 1.47. The first-order chi connectivity index (χ1) is 6.54. The zero-order chi connectivity index (χ0) is 10.7. The van der Waals surface area contributed by atoms with Gasteiger partial charge in [0.1, 0.15) is 10.3 Å². The van der Waals surface area contributed by atoms with Crippen molar-refractivity contribution in [1.29, 1.82) is 0 Å². The number of pyridine rings is 1. The number of hydrogen-bond donors (Lipinski definition) is 0. The maximum absolute atomic E-state index is 5.93. The van der Waals surface area contributed by atoms with Crippen molar-refractivity contribution in [3.8, 4) is 0 Å². The molecular formula is C9H7Cl2IN2. The second-order valence-corrected chi connectivity index (χ2v) is 5.00. The van der Waals surface area contributed by atoms with Gasteiger partial charge < -0.3 is 0 Å². The zero-order valence-electron chi connectivity index (χ0n) is 7.39. The van der Waals surface area contributed by atoms with Crippen molar-refractivity contribution in [3.05, 3.63) is 25.5 Å². The molecule has 0 bridgehead atoms. The van der Waals surface area contributed by atoms with Crippen LogP contribution in [0.4, 0.5) is 5.69 Å². The number of nitrogens with zero attached hydrogens (tertiary/aromatic N) is 2. The minimum atomic E-state index is 0.320. The van der Waals surface area contributed by atoms with Crippen molar-refractivity contribution in [2.75, 3.05) is 0 Å². The number of aliphatic imine (C=N–C) groups is 1. The van der Waals surface area contributed by atoms with E-state index in [4.69, 9.17) is 23.2 Å². The van der Waals surface area contributed by atoms with Gasteiger partial charge in [0.25, 0.3) is 0 Å². The molecule has 1 aromatic heterocycles. The Kier molecular flexibility index (Phi) is 4.34. The lowest BCUT2D eigenvalue weighted by Gasteiger charge is -2.03. The molecule has 0 aromatic carbocycles. The first kappa shape index (κ1) is 11.9. The Morgan fingerprint density at radius 2 is 2.29 bits per heavy atom. The third kappa shape index (κ3) is 2.93. The van der Waals surface area contributed by atoms with E-state index >= 15 is 0 Å². The lowest BCUT2D eigenvalue weighted by molar-refractivity contribution is 1.30. The number of aromatic nitrogens is 1. The van der Waals surface area contributed by atoms with E-state index in [-0.39, 0.29) is 0 Å². The van der Waals surface area contributed by atoms with Gasteiger partial charge in [-0.3, -0.25) is 4.99 Å².